The van der Waals surface area contributed by atoms with Gasteiger partial charge in [-0.15, -0.1) is 0 Å². The molecule has 0 aliphatic rings. The molecule has 0 saturated heterocycles. The van der Waals surface area contributed by atoms with Crippen LogP contribution in [0.25, 0.3) is 32.3 Å². The van der Waals surface area contributed by atoms with E-state index in [1.54, 1.807) is 0 Å². The van der Waals surface area contributed by atoms with Gasteiger partial charge in [-0.05, 0) is 49.0 Å². The summed E-state index contributed by atoms with van der Waals surface area (Å²) in [6.07, 6.45) is 0. The minimum absolute atomic E-state index is 0.179. The number of benzene rings is 6. The maximum absolute atomic E-state index is 2.35. The minimum atomic E-state index is 0.179. The van der Waals surface area contributed by atoms with E-state index in [1.165, 1.54) is 49.0 Å². The summed E-state index contributed by atoms with van der Waals surface area (Å²) in [5.41, 5.74) is 3.97. The highest BCUT2D eigenvalue weighted by atomic mass is 14.2. The van der Waals surface area contributed by atoms with Crippen LogP contribution >= 0.6 is 0 Å². The summed E-state index contributed by atoms with van der Waals surface area (Å²) in [5, 5.41) is 7.69. The van der Waals surface area contributed by atoms with E-state index in [-0.39, 0.29) is 5.92 Å². The molecule has 0 atom stereocenters. The Morgan fingerprint density at radius 2 is 0.581 bits per heavy atom. The smallest absolute Gasteiger partial charge is 0.0340 e. The molecule has 0 nitrogen and oxygen atoms in total. The first-order chi connectivity index (χ1) is 15.3. The normalized spacial score (nSPS) is 11.5. The Morgan fingerprint density at radius 3 is 0.903 bits per heavy atom. The predicted octanol–water partition coefficient (Wildman–Crippen LogP) is 8.33. The van der Waals surface area contributed by atoms with E-state index in [1.807, 2.05) is 0 Å². The van der Waals surface area contributed by atoms with E-state index < -0.39 is 0 Å². The van der Waals surface area contributed by atoms with Crippen molar-refractivity contribution in [3.8, 4) is 0 Å². The highest BCUT2D eigenvalue weighted by molar-refractivity contribution is 5.86. The van der Waals surface area contributed by atoms with Gasteiger partial charge in [0.25, 0.3) is 0 Å². The summed E-state index contributed by atoms with van der Waals surface area (Å²) >= 11 is 0. The highest BCUT2D eigenvalue weighted by Crippen LogP contribution is 2.36. The lowest BCUT2D eigenvalue weighted by Gasteiger charge is -2.21. The fourth-order valence-electron chi connectivity index (χ4n) is 4.74. The molecule has 0 saturated carbocycles. The molecule has 0 spiro atoms. The van der Waals surface area contributed by atoms with E-state index in [9.17, 15) is 0 Å². The van der Waals surface area contributed by atoms with Crippen molar-refractivity contribution >= 4 is 32.3 Å². The van der Waals surface area contributed by atoms with Crippen molar-refractivity contribution in [2.45, 2.75) is 5.92 Å². The second kappa shape index (κ2) is 7.41. The molecular formula is C31H22. The minimum Gasteiger partial charge on any atom is -0.0616 e. The monoisotopic (exact) mass is 394 g/mol. The van der Waals surface area contributed by atoms with Gasteiger partial charge < -0.3 is 0 Å². The summed E-state index contributed by atoms with van der Waals surface area (Å²) in [7, 11) is 0. The molecule has 31 heavy (non-hydrogen) atoms. The standard InChI is InChI=1S/C31H22/c1-4-10-25-19-28(16-13-22(25)7-1)31(29-17-14-23-8-2-5-11-26(23)20-29)30-18-15-24-9-3-6-12-27(24)21-30/h1-21,31H. The summed E-state index contributed by atoms with van der Waals surface area (Å²) in [4.78, 5) is 0. The van der Waals surface area contributed by atoms with Crippen LogP contribution in [0.4, 0.5) is 0 Å². The average Bonchev–Trinajstić information content (AvgIpc) is 2.84. The quantitative estimate of drug-likeness (QED) is 0.265. The van der Waals surface area contributed by atoms with Gasteiger partial charge in [-0.2, -0.15) is 0 Å². The summed E-state index contributed by atoms with van der Waals surface area (Å²) in [6.45, 7) is 0. The van der Waals surface area contributed by atoms with Crippen LogP contribution in [-0.4, -0.2) is 0 Å². The summed E-state index contributed by atoms with van der Waals surface area (Å²) in [5.74, 6) is 0.179. The first-order valence-electron chi connectivity index (χ1n) is 10.8. The molecular weight excluding hydrogens is 372 g/mol. The molecule has 6 rings (SSSR count). The van der Waals surface area contributed by atoms with Gasteiger partial charge in [0.15, 0.2) is 0 Å². The van der Waals surface area contributed by atoms with Gasteiger partial charge in [0.1, 0.15) is 0 Å². The van der Waals surface area contributed by atoms with E-state index >= 15 is 0 Å². The molecule has 0 bridgehead atoms. The van der Waals surface area contributed by atoms with Crippen LogP contribution in [0.1, 0.15) is 22.6 Å². The van der Waals surface area contributed by atoms with Crippen molar-refractivity contribution in [3.05, 3.63) is 144 Å². The molecule has 0 unspecified atom stereocenters. The van der Waals surface area contributed by atoms with Crippen LogP contribution in [-0.2, 0) is 0 Å². The fourth-order valence-corrected chi connectivity index (χ4v) is 4.74. The third-order valence-corrected chi connectivity index (χ3v) is 6.32. The third kappa shape index (κ3) is 3.27. The lowest BCUT2D eigenvalue weighted by atomic mass is 9.83. The molecule has 0 amide bonds. The van der Waals surface area contributed by atoms with Crippen LogP contribution in [0, 0.1) is 0 Å². The second-order valence-corrected chi connectivity index (χ2v) is 8.25. The molecule has 146 valence electrons. The second-order valence-electron chi connectivity index (χ2n) is 8.25. The molecule has 6 aromatic carbocycles. The highest BCUT2D eigenvalue weighted by Gasteiger charge is 2.18. The maximum atomic E-state index is 2.35. The largest absolute Gasteiger partial charge is 0.0616 e. The van der Waals surface area contributed by atoms with Crippen molar-refractivity contribution in [2.24, 2.45) is 0 Å². The Balaban J connectivity index is 1.59. The Kier molecular flexibility index (Phi) is 4.28. The predicted molar refractivity (Wildman–Crippen MR) is 133 cm³/mol. The first-order valence-corrected chi connectivity index (χ1v) is 10.8. The van der Waals surface area contributed by atoms with Crippen molar-refractivity contribution in [3.63, 3.8) is 0 Å². The molecule has 0 aromatic heterocycles. The lowest BCUT2D eigenvalue weighted by molar-refractivity contribution is 0.986. The van der Waals surface area contributed by atoms with Crippen molar-refractivity contribution in [1.29, 1.82) is 0 Å². The Labute approximate surface area is 182 Å². The first kappa shape index (κ1) is 17.9. The Hall–Kier alpha value is -3.90. The van der Waals surface area contributed by atoms with E-state index in [4.69, 9.17) is 0 Å². The van der Waals surface area contributed by atoms with Gasteiger partial charge in [0.2, 0.25) is 0 Å². The van der Waals surface area contributed by atoms with Crippen LogP contribution in [0.15, 0.2) is 127 Å². The molecule has 6 aromatic rings. The van der Waals surface area contributed by atoms with Gasteiger partial charge in [-0.25, -0.2) is 0 Å². The molecule has 0 aliphatic carbocycles. The van der Waals surface area contributed by atoms with Crippen LogP contribution < -0.4 is 0 Å². The van der Waals surface area contributed by atoms with Crippen molar-refractivity contribution in [1.82, 2.24) is 0 Å². The van der Waals surface area contributed by atoms with Crippen LogP contribution in [0.2, 0.25) is 0 Å². The Bertz CT molecular complexity index is 1350. The fraction of sp³-hybridized carbons (Fsp3) is 0.0323. The molecule has 0 heterocycles. The number of hydrogen-bond acceptors (Lipinski definition) is 0. The molecule has 0 fully saturated rings. The van der Waals surface area contributed by atoms with E-state index in [0.29, 0.717) is 0 Å². The molecule has 0 radical (unpaired) electrons. The van der Waals surface area contributed by atoms with Crippen molar-refractivity contribution in [2.75, 3.05) is 0 Å². The van der Waals surface area contributed by atoms with Gasteiger partial charge in [0.05, 0.1) is 0 Å². The maximum Gasteiger partial charge on any atom is 0.0340 e. The molecule has 0 N–H and O–H groups in total. The zero-order valence-electron chi connectivity index (χ0n) is 17.2. The zero-order valence-corrected chi connectivity index (χ0v) is 17.2. The van der Waals surface area contributed by atoms with Gasteiger partial charge in [0, 0.05) is 5.92 Å². The van der Waals surface area contributed by atoms with Crippen LogP contribution in [0.5, 0.6) is 0 Å². The van der Waals surface area contributed by atoms with Gasteiger partial charge in [-0.3, -0.25) is 0 Å². The van der Waals surface area contributed by atoms with Gasteiger partial charge in [-0.1, -0.05) is 127 Å². The Morgan fingerprint density at radius 1 is 0.290 bits per heavy atom. The molecule has 0 heteroatoms. The SMILES string of the molecule is c1ccc2cc(C(c3ccc4ccccc4c3)c3ccc4ccccc4c3)ccc2c1. The van der Waals surface area contributed by atoms with Gasteiger partial charge >= 0.3 is 0 Å². The number of hydrogen-bond donors (Lipinski definition) is 0. The van der Waals surface area contributed by atoms with Crippen molar-refractivity contribution < 1.29 is 0 Å². The summed E-state index contributed by atoms with van der Waals surface area (Å²) in [6, 6.07) is 46.5. The molecule has 0 aliphatic heterocycles. The van der Waals surface area contributed by atoms with E-state index in [2.05, 4.69) is 127 Å². The average molecular weight is 395 g/mol. The number of rotatable bonds is 3. The topological polar surface area (TPSA) is 0 Å². The number of fused-ring (bicyclic) bond motifs is 3. The summed E-state index contributed by atoms with van der Waals surface area (Å²) < 4.78 is 0. The van der Waals surface area contributed by atoms with Crippen LogP contribution in [0.3, 0.4) is 0 Å². The van der Waals surface area contributed by atoms with E-state index in [0.717, 1.165) is 0 Å². The lowest BCUT2D eigenvalue weighted by Crippen LogP contribution is -2.03. The third-order valence-electron chi connectivity index (χ3n) is 6.32. The zero-order chi connectivity index (χ0) is 20.6.